The van der Waals surface area contributed by atoms with Crippen molar-refractivity contribution in [3.63, 3.8) is 0 Å². The van der Waals surface area contributed by atoms with Crippen molar-refractivity contribution in [2.75, 3.05) is 5.75 Å². The van der Waals surface area contributed by atoms with E-state index in [-0.39, 0.29) is 5.12 Å². The number of thioether (sulfide) groups is 1. The molecule has 0 saturated carbocycles. The molecule has 1 aromatic carbocycles. The van der Waals surface area contributed by atoms with Gasteiger partial charge in [0.25, 0.3) is 0 Å². The molecule has 0 saturated heterocycles. The Morgan fingerprint density at radius 3 is 2.44 bits per heavy atom. The molecule has 0 unspecified atom stereocenters. The minimum atomic E-state index is 0.205. The largest absolute Gasteiger partial charge is 0.282 e. The first-order valence-electron chi connectivity index (χ1n) is 5.98. The molecule has 0 aliphatic heterocycles. The molecule has 2 heteroatoms. The van der Waals surface area contributed by atoms with Gasteiger partial charge < -0.3 is 0 Å². The smallest absolute Gasteiger partial charge is 0.219 e. The van der Waals surface area contributed by atoms with Crippen molar-refractivity contribution in [3.8, 4) is 0 Å². The summed E-state index contributed by atoms with van der Waals surface area (Å²) in [5.41, 5.74) is 2.02. The molecule has 0 aliphatic rings. The van der Waals surface area contributed by atoms with E-state index in [1.54, 1.807) is 0 Å². The van der Waals surface area contributed by atoms with Crippen molar-refractivity contribution in [1.82, 2.24) is 0 Å². The molecule has 0 spiro atoms. The first-order chi connectivity index (χ1) is 7.74. The summed E-state index contributed by atoms with van der Waals surface area (Å²) in [6, 6.07) is 7.81. The first-order valence-corrected chi connectivity index (χ1v) is 6.96. The summed E-state index contributed by atoms with van der Waals surface area (Å²) in [7, 11) is 0. The Morgan fingerprint density at radius 1 is 1.12 bits per heavy atom. The quantitative estimate of drug-likeness (QED) is 0.679. The summed E-state index contributed by atoms with van der Waals surface area (Å²) in [6.45, 7) is 4.23. The number of aryl methyl sites for hydroxylation is 1. The Morgan fingerprint density at radius 2 is 1.81 bits per heavy atom. The summed E-state index contributed by atoms with van der Waals surface area (Å²) >= 11 is 1.45. The maximum atomic E-state index is 11.8. The number of unbranched alkanes of at least 4 members (excludes halogenated alkanes) is 3. The lowest BCUT2D eigenvalue weighted by Gasteiger charge is -2.01. The fourth-order valence-electron chi connectivity index (χ4n) is 1.47. The number of rotatable bonds is 6. The van der Waals surface area contributed by atoms with E-state index in [4.69, 9.17) is 0 Å². The fraction of sp³-hybridized carbons (Fsp3) is 0.500. The Bertz CT molecular complexity index is 316. The Labute approximate surface area is 103 Å². The highest BCUT2D eigenvalue weighted by Crippen LogP contribution is 2.15. The van der Waals surface area contributed by atoms with Crippen LogP contribution in [0.15, 0.2) is 24.3 Å². The van der Waals surface area contributed by atoms with Gasteiger partial charge in [0, 0.05) is 11.3 Å². The molecule has 0 heterocycles. The van der Waals surface area contributed by atoms with Gasteiger partial charge in [0.05, 0.1) is 0 Å². The molecule has 0 atom stereocenters. The first kappa shape index (κ1) is 13.3. The Balaban J connectivity index is 2.27. The minimum Gasteiger partial charge on any atom is -0.282 e. The van der Waals surface area contributed by atoms with Gasteiger partial charge in [0.1, 0.15) is 0 Å². The maximum absolute atomic E-state index is 11.8. The standard InChI is InChI=1S/C14H20OS/c1-3-4-5-6-11-16-14(15)13-9-7-12(2)8-10-13/h7-10H,3-6,11H2,1-2H3. The average molecular weight is 236 g/mol. The Kier molecular flexibility index (Phi) is 6.24. The minimum absolute atomic E-state index is 0.205. The van der Waals surface area contributed by atoms with Gasteiger partial charge >= 0.3 is 0 Å². The third-order valence-electron chi connectivity index (χ3n) is 2.52. The number of carbonyl (C=O) groups excluding carboxylic acids is 1. The normalized spacial score (nSPS) is 10.4. The number of hydrogen-bond acceptors (Lipinski definition) is 2. The van der Waals surface area contributed by atoms with Gasteiger partial charge in [-0.3, -0.25) is 4.79 Å². The van der Waals surface area contributed by atoms with Crippen molar-refractivity contribution in [1.29, 1.82) is 0 Å². The molecular formula is C14H20OS. The van der Waals surface area contributed by atoms with Crippen LogP contribution in [0.5, 0.6) is 0 Å². The molecule has 0 radical (unpaired) electrons. The van der Waals surface area contributed by atoms with Gasteiger partial charge in [0.15, 0.2) is 0 Å². The van der Waals surface area contributed by atoms with Crippen molar-refractivity contribution < 1.29 is 4.79 Å². The number of hydrogen-bond donors (Lipinski definition) is 0. The maximum Gasteiger partial charge on any atom is 0.219 e. The fourth-order valence-corrected chi connectivity index (χ4v) is 2.30. The SMILES string of the molecule is CCCCCCSC(=O)c1ccc(C)cc1. The lowest BCUT2D eigenvalue weighted by Crippen LogP contribution is -1.95. The van der Waals surface area contributed by atoms with Crippen LogP contribution in [0.1, 0.15) is 48.5 Å². The zero-order valence-electron chi connectivity index (χ0n) is 10.2. The van der Waals surface area contributed by atoms with Crippen LogP contribution in [0.3, 0.4) is 0 Å². The molecule has 0 aromatic heterocycles. The molecular weight excluding hydrogens is 216 g/mol. The van der Waals surface area contributed by atoms with E-state index in [9.17, 15) is 4.79 Å². The molecule has 0 aliphatic carbocycles. The molecule has 1 aromatic rings. The van der Waals surface area contributed by atoms with Gasteiger partial charge in [-0.15, -0.1) is 0 Å². The van der Waals surface area contributed by atoms with E-state index in [0.717, 1.165) is 17.7 Å². The summed E-state index contributed by atoms with van der Waals surface area (Å²) in [5.74, 6) is 0.951. The van der Waals surface area contributed by atoms with Crippen LogP contribution in [-0.4, -0.2) is 10.9 Å². The highest BCUT2D eigenvalue weighted by atomic mass is 32.2. The third-order valence-corrected chi connectivity index (χ3v) is 3.51. The number of carbonyl (C=O) groups is 1. The van der Waals surface area contributed by atoms with Crippen LogP contribution in [0.4, 0.5) is 0 Å². The van der Waals surface area contributed by atoms with Crippen LogP contribution in [0, 0.1) is 6.92 Å². The van der Waals surface area contributed by atoms with E-state index in [0.29, 0.717) is 0 Å². The van der Waals surface area contributed by atoms with Crippen LogP contribution >= 0.6 is 11.8 Å². The summed E-state index contributed by atoms with van der Waals surface area (Å²) in [5, 5.41) is 0.205. The monoisotopic (exact) mass is 236 g/mol. The highest BCUT2D eigenvalue weighted by Gasteiger charge is 2.05. The van der Waals surface area contributed by atoms with Crippen molar-refractivity contribution in [2.24, 2.45) is 0 Å². The molecule has 0 fully saturated rings. The Hall–Kier alpha value is -0.760. The highest BCUT2D eigenvalue weighted by molar-refractivity contribution is 8.14. The second kappa shape index (κ2) is 7.50. The van der Waals surface area contributed by atoms with Gasteiger partial charge in [0.2, 0.25) is 5.12 Å². The molecule has 0 amide bonds. The lowest BCUT2D eigenvalue weighted by atomic mass is 10.2. The summed E-state index contributed by atoms with van der Waals surface area (Å²) in [6.07, 6.45) is 4.91. The lowest BCUT2D eigenvalue weighted by molar-refractivity contribution is 0.108. The van der Waals surface area contributed by atoms with E-state index >= 15 is 0 Å². The van der Waals surface area contributed by atoms with Crippen LogP contribution in [0.2, 0.25) is 0 Å². The molecule has 1 nitrogen and oxygen atoms in total. The second-order valence-corrected chi connectivity index (χ2v) is 5.13. The van der Waals surface area contributed by atoms with Crippen molar-refractivity contribution in [3.05, 3.63) is 35.4 Å². The van der Waals surface area contributed by atoms with Crippen LogP contribution < -0.4 is 0 Å². The molecule has 1 rings (SSSR count). The van der Waals surface area contributed by atoms with E-state index in [2.05, 4.69) is 6.92 Å². The van der Waals surface area contributed by atoms with Gasteiger partial charge in [-0.2, -0.15) is 0 Å². The number of benzene rings is 1. The zero-order chi connectivity index (χ0) is 11.8. The topological polar surface area (TPSA) is 17.1 Å². The van der Waals surface area contributed by atoms with Gasteiger partial charge in [-0.05, 0) is 13.3 Å². The summed E-state index contributed by atoms with van der Waals surface area (Å²) in [4.78, 5) is 11.8. The van der Waals surface area contributed by atoms with Crippen molar-refractivity contribution in [2.45, 2.75) is 39.5 Å². The van der Waals surface area contributed by atoms with E-state index in [1.807, 2.05) is 31.2 Å². The van der Waals surface area contributed by atoms with Crippen molar-refractivity contribution >= 4 is 16.9 Å². The molecule has 16 heavy (non-hydrogen) atoms. The van der Waals surface area contributed by atoms with E-state index < -0.39 is 0 Å². The zero-order valence-corrected chi connectivity index (χ0v) is 11.0. The molecule has 0 N–H and O–H groups in total. The van der Waals surface area contributed by atoms with Gasteiger partial charge in [-0.25, -0.2) is 0 Å². The predicted molar refractivity (Wildman–Crippen MR) is 72.1 cm³/mol. The van der Waals surface area contributed by atoms with Crippen LogP contribution in [-0.2, 0) is 0 Å². The van der Waals surface area contributed by atoms with Gasteiger partial charge in [-0.1, -0.05) is 67.8 Å². The third kappa shape index (κ3) is 4.84. The summed E-state index contributed by atoms with van der Waals surface area (Å²) < 4.78 is 0. The van der Waals surface area contributed by atoms with Crippen LogP contribution in [0.25, 0.3) is 0 Å². The molecule has 0 bridgehead atoms. The second-order valence-electron chi connectivity index (χ2n) is 4.06. The predicted octanol–water partition coefficient (Wildman–Crippen LogP) is 4.45. The molecule has 88 valence electrons. The average Bonchev–Trinajstić information content (AvgIpc) is 2.29. The van der Waals surface area contributed by atoms with E-state index in [1.165, 1.54) is 36.6 Å².